The van der Waals surface area contributed by atoms with Crippen LogP contribution in [-0.4, -0.2) is 60.7 Å². The Bertz CT molecular complexity index is 1270. The Balaban J connectivity index is 0.00000161. The molecule has 210 valence electrons. The Morgan fingerprint density at radius 1 is 0.868 bits per heavy atom. The Labute approximate surface area is 226 Å². The van der Waals surface area contributed by atoms with Gasteiger partial charge in [-0.15, -0.1) is 0 Å². The third kappa shape index (κ3) is 9.16. The van der Waals surface area contributed by atoms with Gasteiger partial charge in [-0.3, -0.25) is 4.55 Å². The maximum absolute atomic E-state index is 11.9. The van der Waals surface area contributed by atoms with Crippen LogP contribution in [-0.2, 0) is 10.1 Å². The zero-order valence-corrected chi connectivity index (χ0v) is 23.9. The van der Waals surface area contributed by atoms with Crippen molar-refractivity contribution >= 4 is 26.6 Å². The quantitative estimate of drug-likeness (QED) is 0.293. The van der Waals surface area contributed by atoms with Gasteiger partial charge >= 0.3 is 0 Å². The van der Waals surface area contributed by atoms with Crippen molar-refractivity contribution in [2.75, 3.05) is 24.7 Å². The number of ether oxygens (including phenoxy) is 2. The summed E-state index contributed by atoms with van der Waals surface area (Å²) < 4.78 is 44.7. The SMILES string of the molecule is CC(O)COc1cccc(OCC(O)CN(c2ccc(S(=O)(=O)O)c3ccccc23)C(C)(C)C)c1.CCC. The van der Waals surface area contributed by atoms with E-state index in [0.29, 0.717) is 22.3 Å². The number of benzene rings is 3. The molecule has 3 aromatic rings. The van der Waals surface area contributed by atoms with Crippen molar-refractivity contribution in [3.8, 4) is 11.5 Å². The molecule has 2 atom stereocenters. The van der Waals surface area contributed by atoms with Crippen molar-refractivity contribution in [2.24, 2.45) is 0 Å². The van der Waals surface area contributed by atoms with E-state index < -0.39 is 27.9 Å². The minimum Gasteiger partial charge on any atom is -0.491 e. The smallest absolute Gasteiger partial charge is 0.295 e. The maximum Gasteiger partial charge on any atom is 0.295 e. The van der Waals surface area contributed by atoms with Gasteiger partial charge in [-0.2, -0.15) is 8.42 Å². The van der Waals surface area contributed by atoms with E-state index in [1.807, 2.05) is 25.7 Å². The zero-order valence-electron chi connectivity index (χ0n) is 23.1. The number of nitrogens with zero attached hydrogens (tertiary/aromatic N) is 1. The third-order valence-electron chi connectivity index (χ3n) is 5.37. The van der Waals surface area contributed by atoms with Crippen molar-refractivity contribution < 1.29 is 32.7 Å². The standard InChI is InChI=1S/C26H33NO7S.C3H8/c1-18(28)16-33-20-8-7-9-21(14-20)34-17-19(29)15-27(26(2,3)4)24-12-13-25(35(30,31)32)23-11-6-5-10-22(23)24;1-3-2/h5-14,18-19,28-29H,15-17H2,1-4H3,(H,30,31,32);3H2,1-2H3. The van der Waals surface area contributed by atoms with Crippen molar-refractivity contribution in [1.29, 1.82) is 0 Å². The lowest BCUT2D eigenvalue weighted by Gasteiger charge is -2.40. The van der Waals surface area contributed by atoms with Gasteiger partial charge < -0.3 is 24.6 Å². The highest BCUT2D eigenvalue weighted by Gasteiger charge is 2.27. The molecule has 0 fully saturated rings. The summed E-state index contributed by atoms with van der Waals surface area (Å²) >= 11 is 0. The van der Waals surface area contributed by atoms with Gasteiger partial charge in [0.15, 0.2) is 0 Å². The van der Waals surface area contributed by atoms with Crippen LogP contribution in [0.4, 0.5) is 5.69 Å². The summed E-state index contributed by atoms with van der Waals surface area (Å²) in [7, 11) is -4.39. The van der Waals surface area contributed by atoms with E-state index >= 15 is 0 Å². The highest BCUT2D eigenvalue weighted by atomic mass is 32.2. The molecule has 0 radical (unpaired) electrons. The van der Waals surface area contributed by atoms with E-state index in [4.69, 9.17) is 9.47 Å². The predicted molar refractivity (Wildman–Crippen MR) is 152 cm³/mol. The van der Waals surface area contributed by atoms with Crippen LogP contribution >= 0.6 is 0 Å². The van der Waals surface area contributed by atoms with Crippen molar-refractivity contribution in [3.63, 3.8) is 0 Å². The first-order valence-corrected chi connectivity index (χ1v) is 14.2. The number of hydrogen-bond donors (Lipinski definition) is 3. The lowest BCUT2D eigenvalue weighted by molar-refractivity contribution is 0.107. The normalized spacial score (nSPS) is 13.3. The van der Waals surface area contributed by atoms with E-state index in [2.05, 4.69) is 13.8 Å². The molecule has 0 aromatic heterocycles. The summed E-state index contributed by atoms with van der Waals surface area (Å²) in [6, 6.07) is 17.0. The average Bonchev–Trinajstić information content (AvgIpc) is 2.83. The van der Waals surface area contributed by atoms with Crippen LogP contribution in [0.5, 0.6) is 11.5 Å². The Hall–Kier alpha value is -2.85. The molecule has 9 heteroatoms. The maximum atomic E-state index is 11.9. The Morgan fingerprint density at radius 2 is 1.42 bits per heavy atom. The van der Waals surface area contributed by atoms with Gasteiger partial charge in [-0.25, -0.2) is 0 Å². The molecule has 0 heterocycles. The van der Waals surface area contributed by atoms with Crippen molar-refractivity contribution in [1.82, 2.24) is 0 Å². The number of hydrogen-bond acceptors (Lipinski definition) is 7. The molecule has 3 aromatic carbocycles. The molecule has 38 heavy (non-hydrogen) atoms. The zero-order chi connectivity index (χ0) is 28.5. The molecule has 0 saturated heterocycles. The average molecular weight is 548 g/mol. The minimum atomic E-state index is -4.39. The largest absolute Gasteiger partial charge is 0.491 e. The van der Waals surface area contributed by atoms with Crippen LogP contribution in [0.1, 0.15) is 48.0 Å². The topological polar surface area (TPSA) is 117 Å². The summed E-state index contributed by atoms with van der Waals surface area (Å²) in [5, 5.41) is 21.3. The molecule has 3 N–H and O–H groups in total. The number of fused-ring (bicyclic) bond motifs is 1. The van der Waals surface area contributed by atoms with Crippen LogP contribution in [0.3, 0.4) is 0 Å². The molecular formula is C29H41NO7S. The second-order valence-corrected chi connectivity index (χ2v) is 11.6. The first-order chi connectivity index (χ1) is 17.8. The van der Waals surface area contributed by atoms with E-state index in [0.717, 1.165) is 5.69 Å². The summed E-state index contributed by atoms with van der Waals surface area (Å²) in [5.74, 6) is 1.08. The molecule has 0 aliphatic carbocycles. The van der Waals surface area contributed by atoms with Crippen LogP contribution in [0.2, 0.25) is 0 Å². The fraction of sp³-hybridized carbons (Fsp3) is 0.448. The monoisotopic (exact) mass is 547 g/mol. The van der Waals surface area contributed by atoms with Crippen LogP contribution in [0.15, 0.2) is 65.6 Å². The van der Waals surface area contributed by atoms with Crippen LogP contribution in [0.25, 0.3) is 10.8 Å². The van der Waals surface area contributed by atoms with Gasteiger partial charge in [-0.05, 0) is 52.0 Å². The van der Waals surface area contributed by atoms with Gasteiger partial charge in [-0.1, -0.05) is 50.6 Å². The van der Waals surface area contributed by atoms with Gasteiger partial charge in [0.1, 0.15) is 35.7 Å². The lowest BCUT2D eigenvalue weighted by Crippen LogP contribution is -2.47. The fourth-order valence-electron chi connectivity index (χ4n) is 3.78. The summed E-state index contributed by atoms with van der Waals surface area (Å²) in [6.45, 7) is 12.3. The first kappa shape index (κ1) is 31.4. The van der Waals surface area contributed by atoms with Crippen molar-refractivity contribution in [2.45, 2.75) is 70.6 Å². The van der Waals surface area contributed by atoms with Crippen LogP contribution < -0.4 is 14.4 Å². The van der Waals surface area contributed by atoms with E-state index in [9.17, 15) is 23.2 Å². The molecule has 0 aliphatic heterocycles. The number of aliphatic hydroxyl groups excluding tert-OH is 2. The number of aliphatic hydroxyl groups is 2. The van der Waals surface area contributed by atoms with E-state index in [1.54, 1.807) is 61.5 Å². The van der Waals surface area contributed by atoms with Crippen LogP contribution in [0, 0.1) is 0 Å². The molecule has 8 nitrogen and oxygen atoms in total. The van der Waals surface area contributed by atoms with Crippen molar-refractivity contribution in [3.05, 3.63) is 60.7 Å². The first-order valence-electron chi connectivity index (χ1n) is 12.8. The second-order valence-electron chi connectivity index (χ2n) is 10.2. The lowest BCUT2D eigenvalue weighted by atomic mass is 10.0. The summed E-state index contributed by atoms with van der Waals surface area (Å²) in [6.07, 6.45) is -0.205. The number of β-amino-alcohol motifs (C(OH)–C–C–N with tert-alkyl or cyclic N) is 1. The highest BCUT2D eigenvalue weighted by Crippen LogP contribution is 2.35. The Morgan fingerprint density at radius 3 is 1.95 bits per heavy atom. The molecule has 0 bridgehead atoms. The van der Waals surface area contributed by atoms with Gasteiger partial charge in [0.25, 0.3) is 10.1 Å². The summed E-state index contributed by atoms with van der Waals surface area (Å²) in [5.41, 5.74) is 0.311. The molecule has 0 spiro atoms. The fourth-order valence-corrected chi connectivity index (χ4v) is 4.47. The van der Waals surface area contributed by atoms with Gasteiger partial charge in [0.2, 0.25) is 0 Å². The molecule has 0 saturated carbocycles. The highest BCUT2D eigenvalue weighted by molar-refractivity contribution is 7.86. The molecular weight excluding hydrogens is 506 g/mol. The number of anilines is 1. The molecule has 0 aliphatic rings. The minimum absolute atomic E-state index is 0.0213. The van der Waals surface area contributed by atoms with Gasteiger partial charge in [0, 0.05) is 34.6 Å². The molecule has 3 rings (SSSR count). The summed E-state index contributed by atoms with van der Waals surface area (Å²) in [4.78, 5) is 1.83. The number of rotatable bonds is 10. The third-order valence-corrected chi connectivity index (χ3v) is 6.28. The molecule has 0 amide bonds. The van der Waals surface area contributed by atoms with E-state index in [-0.39, 0.29) is 24.7 Å². The Kier molecular flexibility index (Phi) is 11.4. The molecule has 2 unspecified atom stereocenters. The second kappa shape index (κ2) is 13.8. The van der Waals surface area contributed by atoms with E-state index in [1.165, 1.54) is 12.5 Å². The van der Waals surface area contributed by atoms with Gasteiger partial charge in [0.05, 0.1) is 6.10 Å². The predicted octanol–water partition coefficient (Wildman–Crippen LogP) is 5.31.